The minimum absolute atomic E-state index is 0.0912. The standard InChI is InChI=1S/C19H26N4O3/c1-5-6-9-16(14-23(2)13-15-8-7-10-20-12-15)26-19-21-17(24-3)11-18(22-19)25-4/h5,7-8,10-12,16H,1,6,9,13-14H2,2-4H3/t16-/m1/s1. The van der Waals surface area contributed by atoms with Gasteiger partial charge in [-0.3, -0.25) is 9.88 Å². The zero-order chi connectivity index (χ0) is 18.8. The van der Waals surface area contributed by atoms with Gasteiger partial charge in [-0.1, -0.05) is 12.1 Å². The molecule has 7 heteroatoms. The summed E-state index contributed by atoms with van der Waals surface area (Å²) >= 11 is 0. The fourth-order valence-corrected chi connectivity index (χ4v) is 2.50. The fraction of sp³-hybridized carbons (Fsp3) is 0.421. The molecule has 7 nitrogen and oxygen atoms in total. The molecule has 0 aromatic carbocycles. The fourth-order valence-electron chi connectivity index (χ4n) is 2.50. The van der Waals surface area contributed by atoms with E-state index in [-0.39, 0.29) is 12.1 Å². The van der Waals surface area contributed by atoms with E-state index in [1.165, 1.54) is 0 Å². The number of methoxy groups -OCH3 is 2. The number of rotatable bonds is 11. The van der Waals surface area contributed by atoms with Crippen molar-refractivity contribution in [1.82, 2.24) is 19.9 Å². The Morgan fingerprint density at radius 1 is 1.23 bits per heavy atom. The van der Waals surface area contributed by atoms with Gasteiger partial charge in [0.2, 0.25) is 11.8 Å². The Hall–Kier alpha value is -2.67. The zero-order valence-corrected chi connectivity index (χ0v) is 15.6. The van der Waals surface area contributed by atoms with Gasteiger partial charge in [0.15, 0.2) is 0 Å². The highest BCUT2D eigenvalue weighted by molar-refractivity contribution is 5.22. The van der Waals surface area contributed by atoms with Crippen LogP contribution in [-0.4, -0.2) is 53.8 Å². The van der Waals surface area contributed by atoms with Crippen molar-refractivity contribution in [3.8, 4) is 17.8 Å². The molecule has 0 amide bonds. The molecular weight excluding hydrogens is 332 g/mol. The van der Waals surface area contributed by atoms with Gasteiger partial charge in [0.05, 0.1) is 20.3 Å². The van der Waals surface area contributed by atoms with Crippen molar-refractivity contribution < 1.29 is 14.2 Å². The van der Waals surface area contributed by atoms with Gasteiger partial charge in [-0.15, -0.1) is 6.58 Å². The van der Waals surface area contributed by atoms with Crippen molar-refractivity contribution in [2.24, 2.45) is 0 Å². The topological polar surface area (TPSA) is 69.6 Å². The highest BCUT2D eigenvalue weighted by atomic mass is 16.5. The van der Waals surface area contributed by atoms with E-state index in [4.69, 9.17) is 14.2 Å². The highest BCUT2D eigenvalue weighted by Crippen LogP contribution is 2.20. The van der Waals surface area contributed by atoms with E-state index in [9.17, 15) is 0 Å². The summed E-state index contributed by atoms with van der Waals surface area (Å²) in [6.45, 7) is 5.29. The Morgan fingerprint density at radius 3 is 2.54 bits per heavy atom. The van der Waals surface area contributed by atoms with Gasteiger partial charge < -0.3 is 14.2 Å². The monoisotopic (exact) mass is 358 g/mol. The molecule has 2 rings (SSSR count). The van der Waals surface area contributed by atoms with Crippen LogP contribution in [0.5, 0.6) is 17.8 Å². The summed E-state index contributed by atoms with van der Waals surface area (Å²) in [5.41, 5.74) is 1.15. The highest BCUT2D eigenvalue weighted by Gasteiger charge is 2.16. The summed E-state index contributed by atoms with van der Waals surface area (Å²) in [6.07, 6.45) is 7.08. The molecule has 0 unspecified atom stereocenters. The van der Waals surface area contributed by atoms with Crippen LogP contribution in [0.25, 0.3) is 0 Å². The predicted octanol–water partition coefficient (Wildman–Crippen LogP) is 2.73. The number of ether oxygens (including phenoxy) is 3. The van der Waals surface area contributed by atoms with Gasteiger partial charge in [-0.25, -0.2) is 0 Å². The number of nitrogens with zero attached hydrogens (tertiary/aromatic N) is 4. The third kappa shape index (κ3) is 6.33. The predicted molar refractivity (Wildman–Crippen MR) is 99.6 cm³/mol. The molecule has 0 aliphatic rings. The van der Waals surface area contributed by atoms with Crippen molar-refractivity contribution in [1.29, 1.82) is 0 Å². The number of likely N-dealkylation sites (N-methyl/N-ethyl adjacent to an activating group) is 1. The first-order chi connectivity index (χ1) is 12.6. The van der Waals surface area contributed by atoms with Crippen LogP contribution in [0.1, 0.15) is 18.4 Å². The van der Waals surface area contributed by atoms with Crippen LogP contribution < -0.4 is 14.2 Å². The molecule has 0 radical (unpaired) electrons. The number of hydrogen-bond acceptors (Lipinski definition) is 7. The van der Waals surface area contributed by atoms with E-state index >= 15 is 0 Å². The molecule has 0 spiro atoms. The first-order valence-electron chi connectivity index (χ1n) is 8.46. The molecule has 0 saturated carbocycles. The van der Waals surface area contributed by atoms with Crippen LogP contribution in [0, 0.1) is 0 Å². The van der Waals surface area contributed by atoms with Crippen LogP contribution in [0.2, 0.25) is 0 Å². The van der Waals surface area contributed by atoms with E-state index < -0.39 is 0 Å². The van der Waals surface area contributed by atoms with E-state index in [0.717, 1.165) is 24.9 Å². The average molecular weight is 358 g/mol. The first-order valence-corrected chi connectivity index (χ1v) is 8.46. The van der Waals surface area contributed by atoms with Crippen LogP contribution in [0.4, 0.5) is 0 Å². The van der Waals surface area contributed by atoms with Gasteiger partial charge in [-0.05, 0) is 31.5 Å². The van der Waals surface area contributed by atoms with Crippen LogP contribution in [-0.2, 0) is 6.54 Å². The molecule has 140 valence electrons. The molecule has 0 fully saturated rings. The van der Waals surface area contributed by atoms with Crippen LogP contribution in [0.3, 0.4) is 0 Å². The van der Waals surface area contributed by atoms with E-state index in [2.05, 4.69) is 32.5 Å². The Labute approximate surface area is 154 Å². The Kier molecular flexibility index (Phi) is 7.82. The lowest BCUT2D eigenvalue weighted by molar-refractivity contribution is 0.124. The molecule has 0 aliphatic heterocycles. The van der Waals surface area contributed by atoms with Crippen molar-refractivity contribution in [2.75, 3.05) is 27.8 Å². The number of pyridine rings is 1. The lowest BCUT2D eigenvalue weighted by atomic mass is 10.1. The van der Waals surface area contributed by atoms with Crippen LogP contribution in [0.15, 0.2) is 43.2 Å². The summed E-state index contributed by atoms with van der Waals surface area (Å²) in [5, 5.41) is 0. The summed E-state index contributed by atoms with van der Waals surface area (Å²) in [6, 6.07) is 5.84. The summed E-state index contributed by atoms with van der Waals surface area (Å²) < 4.78 is 16.4. The van der Waals surface area contributed by atoms with Gasteiger partial charge in [-0.2, -0.15) is 9.97 Å². The second kappa shape index (κ2) is 10.4. The maximum atomic E-state index is 6.02. The van der Waals surface area contributed by atoms with Crippen molar-refractivity contribution in [3.05, 3.63) is 48.8 Å². The SMILES string of the molecule is C=CCC[C@H](CN(C)Cc1cccnc1)Oc1nc(OC)cc(OC)n1. The van der Waals surface area contributed by atoms with Gasteiger partial charge >= 0.3 is 6.01 Å². The average Bonchev–Trinajstić information content (AvgIpc) is 2.66. The molecule has 0 bridgehead atoms. The molecule has 1 atom stereocenters. The molecule has 2 aromatic heterocycles. The Morgan fingerprint density at radius 2 is 1.96 bits per heavy atom. The molecule has 0 N–H and O–H groups in total. The van der Waals surface area contributed by atoms with E-state index in [1.54, 1.807) is 26.5 Å². The smallest absolute Gasteiger partial charge is 0.323 e. The van der Waals surface area contributed by atoms with Crippen molar-refractivity contribution in [3.63, 3.8) is 0 Å². The molecular formula is C19H26N4O3. The third-order valence-electron chi connectivity index (χ3n) is 3.73. The minimum atomic E-state index is -0.0912. The zero-order valence-electron chi connectivity index (χ0n) is 15.6. The second-order valence-corrected chi connectivity index (χ2v) is 5.90. The maximum absolute atomic E-state index is 6.02. The number of aromatic nitrogens is 3. The number of hydrogen-bond donors (Lipinski definition) is 0. The van der Waals surface area contributed by atoms with Crippen LogP contribution >= 0.6 is 0 Å². The van der Waals surface area contributed by atoms with Gasteiger partial charge in [0, 0.05) is 25.5 Å². The largest absolute Gasteiger partial charge is 0.481 e. The molecule has 2 aromatic rings. The molecule has 26 heavy (non-hydrogen) atoms. The second-order valence-electron chi connectivity index (χ2n) is 5.90. The van der Waals surface area contributed by atoms with Crippen molar-refractivity contribution >= 4 is 0 Å². The van der Waals surface area contributed by atoms with E-state index in [0.29, 0.717) is 18.3 Å². The molecule has 0 aliphatic carbocycles. The normalized spacial score (nSPS) is 11.8. The number of allylic oxidation sites excluding steroid dienone is 1. The Bertz CT molecular complexity index is 659. The lowest BCUT2D eigenvalue weighted by Gasteiger charge is -2.24. The lowest BCUT2D eigenvalue weighted by Crippen LogP contribution is -2.33. The summed E-state index contributed by atoms with van der Waals surface area (Å²) in [4.78, 5) is 14.8. The van der Waals surface area contributed by atoms with Crippen molar-refractivity contribution in [2.45, 2.75) is 25.5 Å². The first kappa shape index (κ1) is 19.7. The van der Waals surface area contributed by atoms with E-state index in [1.807, 2.05) is 25.4 Å². The summed E-state index contributed by atoms with van der Waals surface area (Å²) in [5.74, 6) is 0.802. The summed E-state index contributed by atoms with van der Waals surface area (Å²) in [7, 11) is 5.13. The molecule has 2 heterocycles. The Balaban J connectivity index is 2.05. The minimum Gasteiger partial charge on any atom is -0.481 e. The maximum Gasteiger partial charge on any atom is 0.323 e. The van der Waals surface area contributed by atoms with Gasteiger partial charge in [0.1, 0.15) is 6.10 Å². The quantitative estimate of drug-likeness (QED) is 0.572. The molecule has 0 saturated heterocycles. The third-order valence-corrected chi connectivity index (χ3v) is 3.73. The van der Waals surface area contributed by atoms with Gasteiger partial charge in [0.25, 0.3) is 0 Å².